The molecule has 0 atom stereocenters. The van der Waals surface area contributed by atoms with Crippen LogP contribution in [0.3, 0.4) is 0 Å². The highest BCUT2D eigenvalue weighted by Crippen LogP contribution is 2.16. The van der Waals surface area contributed by atoms with Crippen molar-refractivity contribution in [2.45, 2.75) is 17.9 Å². The van der Waals surface area contributed by atoms with E-state index in [0.717, 1.165) is 0 Å². The largest absolute Gasteiger partial charge is 0.300 e. The minimum atomic E-state index is -3.52. The van der Waals surface area contributed by atoms with Crippen LogP contribution in [0.15, 0.2) is 29.4 Å². The number of sulfonamides is 1. The minimum Gasteiger partial charge on any atom is -0.300 e. The number of carbonyl (C=O) groups excluding carboxylic acids is 1. The van der Waals surface area contributed by atoms with Crippen LogP contribution < -0.4 is 0 Å². The molecule has 2 heterocycles. The van der Waals surface area contributed by atoms with Gasteiger partial charge < -0.3 is 0 Å². The smallest absolute Gasteiger partial charge is 0.260 e. The molecule has 5 nitrogen and oxygen atoms in total. The molecule has 0 spiro atoms. The number of carbonyl (C=O) groups is 1. The van der Waals surface area contributed by atoms with Gasteiger partial charge >= 0.3 is 0 Å². The lowest BCUT2D eigenvalue weighted by Gasteiger charge is -2.24. The number of piperidine rings is 1. The van der Waals surface area contributed by atoms with E-state index in [4.69, 9.17) is 0 Å². The summed E-state index contributed by atoms with van der Waals surface area (Å²) in [5.41, 5.74) is 0. The Balaban J connectivity index is 2.23. The van der Waals surface area contributed by atoms with Gasteiger partial charge in [0.2, 0.25) is 0 Å². The van der Waals surface area contributed by atoms with Gasteiger partial charge in [-0.3, -0.25) is 4.79 Å². The van der Waals surface area contributed by atoms with Crippen LogP contribution in [0, 0.1) is 0 Å². The van der Waals surface area contributed by atoms with Gasteiger partial charge in [0, 0.05) is 32.1 Å². The normalized spacial score (nSPS) is 18.6. The van der Waals surface area contributed by atoms with Crippen LogP contribution in [0.1, 0.15) is 12.8 Å². The molecule has 0 amide bonds. The molecule has 1 saturated heterocycles. The van der Waals surface area contributed by atoms with Crippen molar-refractivity contribution in [2.75, 3.05) is 13.1 Å². The first-order valence-electron chi connectivity index (χ1n) is 5.03. The molecule has 0 bridgehead atoms. The lowest BCUT2D eigenvalue weighted by molar-refractivity contribution is -0.120. The molecule has 0 unspecified atom stereocenters. The van der Waals surface area contributed by atoms with E-state index in [1.165, 1.54) is 16.6 Å². The quantitative estimate of drug-likeness (QED) is 0.752. The summed E-state index contributed by atoms with van der Waals surface area (Å²) < 4.78 is 25.4. The van der Waals surface area contributed by atoms with Crippen LogP contribution in [-0.4, -0.2) is 36.6 Å². The molecule has 1 fully saturated rings. The van der Waals surface area contributed by atoms with Gasteiger partial charge in [-0.25, -0.2) is 13.4 Å². The van der Waals surface area contributed by atoms with Crippen molar-refractivity contribution in [1.82, 2.24) is 9.29 Å². The topological polar surface area (TPSA) is 67.3 Å². The monoisotopic (exact) mass is 240 g/mol. The summed E-state index contributed by atoms with van der Waals surface area (Å²) >= 11 is 0. The SMILES string of the molecule is O=C1CCN(S(=O)(=O)c2ccccn2)CC1. The van der Waals surface area contributed by atoms with Gasteiger partial charge in [-0.15, -0.1) is 0 Å². The van der Waals surface area contributed by atoms with E-state index in [0.29, 0.717) is 12.8 Å². The summed E-state index contributed by atoms with van der Waals surface area (Å²) in [5, 5.41) is 0.0457. The Morgan fingerprint density at radius 3 is 2.44 bits per heavy atom. The van der Waals surface area contributed by atoms with Crippen molar-refractivity contribution >= 4 is 15.8 Å². The van der Waals surface area contributed by atoms with Gasteiger partial charge in [0.15, 0.2) is 5.03 Å². The second kappa shape index (κ2) is 4.31. The lowest BCUT2D eigenvalue weighted by atomic mass is 10.1. The van der Waals surface area contributed by atoms with E-state index >= 15 is 0 Å². The molecule has 1 aliphatic heterocycles. The third-order valence-corrected chi connectivity index (χ3v) is 4.34. The van der Waals surface area contributed by atoms with Crippen molar-refractivity contribution < 1.29 is 13.2 Å². The zero-order valence-corrected chi connectivity index (χ0v) is 9.48. The molecular formula is C10H12N2O3S. The van der Waals surface area contributed by atoms with Crippen molar-refractivity contribution in [2.24, 2.45) is 0 Å². The van der Waals surface area contributed by atoms with Gasteiger partial charge in [0.05, 0.1) is 0 Å². The summed E-state index contributed by atoms with van der Waals surface area (Å²) in [6, 6.07) is 4.76. The standard InChI is InChI=1S/C10H12N2O3S/c13-9-4-7-12(8-5-9)16(14,15)10-3-1-2-6-11-10/h1-3,6H,4-5,7-8H2. The summed E-state index contributed by atoms with van der Waals surface area (Å²) in [5.74, 6) is 0.118. The van der Waals surface area contributed by atoms with Gasteiger partial charge in [-0.05, 0) is 12.1 Å². The molecule has 0 aliphatic carbocycles. The van der Waals surface area contributed by atoms with Gasteiger partial charge in [-0.1, -0.05) is 6.07 Å². The van der Waals surface area contributed by atoms with Crippen molar-refractivity contribution in [3.63, 3.8) is 0 Å². The Bertz CT molecular complexity index is 474. The average Bonchev–Trinajstić information content (AvgIpc) is 2.31. The first-order valence-corrected chi connectivity index (χ1v) is 6.47. The fourth-order valence-electron chi connectivity index (χ4n) is 1.61. The van der Waals surface area contributed by atoms with Crippen LogP contribution >= 0.6 is 0 Å². The fourth-order valence-corrected chi connectivity index (χ4v) is 2.98. The molecule has 1 aromatic heterocycles. The summed E-state index contributed by atoms with van der Waals surface area (Å²) in [4.78, 5) is 14.9. The Morgan fingerprint density at radius 1 is 1.19 bits per heavy atom. The number of ketones is 1. The van der Waals surface area contributed by atoms with E-state index in [2.05, 4.69) is 4.98 Å². The molecule has 0 radical (unpaired) electrons. The molecule has 16 heavy (non-hydrogen) atoms. The van der Waals surface area contributed by atoms with Crippen molar-refractivity contribution in [3.8, 4) is 0 Å². The second-order valence-electron chi connectivity index (χ2n) is 3.61. The Morgan fingerprint density at radius 2 is 1.88 bits per heavy atom. The average molecular weight is 240 g/mol. The number of hydrogen-bond acceptors (Lipinski definition) is 4. The minimum absolute atomic E-state index is 0.0457. The maximum atomic E-state index is 12.0. The van der Waals surface area contributed by atoms with E-state index in [1.54, 1.807) is 12.1 Å². The van der Waals surface area contributed by atoms with Crippen LogP contribution in [0.5, 0.6) is 0 Å². The highest BCUT2D eigenvalue weighted by atomic mass is 32.2. The first-order chi connectivity index (χ1) is 7.60. The number of hydrogen-bond donors (Lipinski definition) is 0. The summed E-state index contributed by atoms with van der Waals surface area (Å²) in [6.45, 7) is 0.523. The third kappa shape index (κ3) is 2.12. The summed E-state index contributed by atoms with van der Waals surface area (Å²) in [7, 11) is -3.52. The Kier molecular flexibility index (Phi) is 3.02. The van der Waals surface area contributed by atoms with E-state index in [9.17, 15) is 13.2 Å². The molecule has 0 aromatic carbocycles. The molecule has 2 rings (SSSR count). The molecule has 0 N–H and O–H groups in total. The fraction of sp³-hybridized carbons (Fsp3) is 0.400. The molecule has 86 valence electrons. The van der Waals surface area contributed by atoms with E-state index in [-0.39, 0.29) is 23.9 Å². The van der Waals surface area contributed by atoms with Gasteiger partial charge in [0.25, 0.3) is 10.0 Å². The predicted molar refractivity (Wildman–Crippen MR) is 57.2 cm³/mol. The Labute approximate surface area is 94.2 Å². The van der Waals surface area contributed by atoms with Gasteiger partial charge in [-0.2, -0.15) is 4.31 Å². The van der Waals surface area contributed by atoms with Crippen molar-refractivity contribution in [3.05, 3.63) is 24.4 Å². The maximum Gasteiger partial charge on any atom is 0.260 e. The number of aromatic nitrogens is 1. The van der Waals surface area contributed by atoms with E-state index in [1.807, 2.05) is 0 Å². The van der Waals surface area contributed by atoms with Crippen molar-refractivity contribution in [1.29, 1.82) is 0 Å². The Hall–Kier alpha value is -1.27. The van der Waals surface area contributed by atoms with Gasteiger partial charge in [0.1, 0.15) is 5.78 Å². The molecular weight excluding hydrogens is 228 g/mol. The summed E-state index contributed by atoms with van der Waals surface area (Å²) in [6.07, 6.45) is 2.04. The third-order valence-electron chi connectivity index (χ3n) is 2.52. The zero-order valence-electron chi connectivity index (χ0n) is 8.67. The van der Waals surface area contributed by atoms with E-state index < -0.39 is 10.0 Å². The maximum absolute atomic E-state index is 12.0. The van der Waals surface area contributed by atoms with Crippen LogP contribution in [0.4, 0.5) is 0 Å². The predicted octanol–water partition coefficient (Wildman–Crippen LogP) is 0.435. The molecule has 1 aliphatic rings. The molecule has 6 heteroatoms. The number of nitrogens with zero attached hydrogens (tertiary/aromatic N) is 2. The second-order valence-corrected chi connectivity index (χ2v) is 5.50. The van der Waals surface area contributed by atoms with Crippen LogP contribution in [-0.2, 0) is 14.8 Å². The first kappa shape index (κ1) is 11.2. The van der Waals surface area contributed by atoms with Crippen LogP contribution in [0.2, 0.25) is 0 Å². The number of Topliss-reactive ketones (excluding diaryl/α,β-unsaturated/α-hetero) is 1. The highest BCUT2D eigenvalue weighted by Gasteiger charge is 2.28. The molecule has 0 saturated carbocycles. The lowest BCUT2D eigenvalue weighted by Crippen LogP contribution is -2.38. The highest BCUT2D eigenvalue weighted by molar-refractivity contribution is 7.89. The number of rotatable bonds is 2. The zero-order chi connectivity index (χ0) is 11.6. The number of pyridine rings is 1. The van der Waals surface area contributed by atoms with Crippen LogP contribution in [0.25, 0.3) is 0 Å². The molecule has 1 aromatic rings.